The molecule has 1 aliphatic rings. The number of hydrogen-bond donors (Lipinski definition) is 1. The van der Waals surface area contributed by atoms with E-state index in [1.807, 2.05) is 12.1 Å². The van der Waals surface area contributed by atoms with Gasteiger partial charge in [-0.3, -0.25) is 0 Å². The molecule has 2 heteroatoms. The van der Waals surface area contributed by atoms with Gasteiger partial charge in [0.05, 0.1) is 0 Å². The SMILES string of the molecule is CN(C)CC1(c2ccc(N)cc2)CCCCC1. The van der Waals surface area contributed by atoms with E-state index >= 15 is 0 Å². The van der Waals surface area contributed by atoms with E-state index in [-0.39, 0.29) is 0 Å². The van der Waals surface area contributed by atoms with Gasteiger partial charge in [0, 0.05) is 17.6 Å². The summed E-state index contributed by atoms with van der Waals surface area (Å²) >= 11 is 0. The first-order valence-electron chi connectivity index (χ1n) is 6.63. The lowest BCUT2D eigenvalue weighted by atomic mass is 9.69. The lowest BCUT2D eigenvalue weighted by molar-refractivity contribution is 0.216. The summed E-state index contributed by atoms with van der Waals surface area (Å²) in [6.07, 6.45) is 6.74. The van der Waals surface area contributed by atoms with Crippen molar-refractivity contribution in [3.8, 4) is 0 Å². The van der Waals surface area contributed by atoms with Crippen molar-refractivity contribution in [1.29, 1.82) is 0 Å². The Labute approximate surface area is 105 Å². The number of anilines is 1. The predicted octanol–water partition coefficient (Wildman–Crippen LogP) is 3.03. The zero-order chi connectivity index (χ0) is 12.3. The summed E-state index contributed by atoms with van der Waals surface area (Å²) < 4.78 is 0. The maximum Gasteiger partial charge on any atom is 0.0314 e. The Balaban J connectivity index is 2.28. The van der Waals surface area contributed by atoms with Gasteiger partial charge < -0.3 is 10.6 Å². The number of rotatable bonds is 3. The summed E-state index contributed by atoms with van der Waals surface area (Å²) in [4.78, 5) is 2.32. The van der Waals surface area contributed by atoms with Gasteiger partial charge in [-0.05, 0) is 44.6 Å². The molecule has 0 saturated heterocycles. The van der Waals surface area contributed by atoms with Crippen LogP contribution in [0.2, 0.25) is 0 Å². The number of benzene rings is 1. The van der Waals surface area contributed by atoms with Gasteiger partial charge in [0.1, 0.15) is 0 Å². The Morgan fingerprint density at radius 3 is 2.18 bits per heavy atom. The normalized spacial score (nSPS) is 19.5. The van der Waals surface area contributed by atoms with E-state index in [9.17, 15) is 0 Å². The van der Waals surface area contributed by atoms with Gasteiger partial charge >= 0.3 is 0 Å². The van der Waals surface area contributed by atoms with E-state index in [1.54, 1.807) is 0 Å². The van der Waals surface area contributed by atoms with E-state index < -0.39 is 0 Å². The Morgan fingerprint density at radius 1 is 1.06 bits per heavy atom. The zero-order valence-electron chi connectivity index (χ0n) is 11.1. The predicted molar refractivity (Wildman–Crippen MR) is 74.2 cm³/mol. The highest BCUT2D eigenvalue weighted by atomic mass is 15.1. The number of hydrogen-bond acceptors (Lipinski definition) is 2. The van der Waals surface area contributed by atoms with Crippen LogP contribution in [-0.2, 0) is 5.41 Å². The third kappa shape index (κ3) is 2.81. The molecule has 2 rings (SSSR count). The van der Waals surface area contributed by atoms with Crippen LogP contribution in [0.15, 0.2) is 24.3 Å². The van der Waals surface area contributed by atoms with Crippen LogP contribution in [0.3, 0.4) is 0 Å². The van der Waals surface area contributed by atoms with Crippen molar-refractivity contribution in [2.24, 2.45) is 0 Å². The Bertz CT molecular complexity index is 348. The summed E-state index contributed by atoms with van der Waals surface area (Å²) in [5.74, 6) is 0. The minimum absolute atomic E-state index is 0.357. The fourth-order valence-electron chi connectivity index (χ4n) is 3.21. The third-order valence-electron chi connectivity index (χ3n) is 3.95. The first-order chi connectivity index (χ1) is 8.12. The second-order valence-corrected chi connectivity index (χ2v) is 5.70. The maximum absolute atomic E-state index is 5.79. The molecule has 2 nitrogen and oxygen atoms in total. The molecule has 1 aromatic rings. The number of nitrogen functional groups attached to an aromatic ring is 1. The second kappa shape index (κ2) is 5.09. The lowest BCUT2D eigenvalue weighted by Gasteiger charge is -2.40. The largest absolute Gasteiger partial charge is 0.399 e. The van der Waals surface area contributed by atoms with Gasteiger partial charge in [-0.25, -0.2) is 0 Å². The zero-order valence-corrected chi connectivity index (χ0v) is 11.1. The quantitative estimate of drug-likeness (QED) is 0.812. The number of nitrogens with zero attached hydrogens (tertiary/aromatic N) is 1. The Hall–Kier alpha value is -1.02. The summed E-state index contributed by atoms with van der Waals surface area (Å²) in [6.45, 7) is 1.15. The second-order valence-electron chi connectivity index (χ2n) is 5.70. The van der Waals surface area contributed by atoms with Crippen LogP contribution >= 0.6 is 0 Å². The molecule has 94 valence electrons. The van der Waals surface area contributed by atoms with Crippen LogP contribution in [0.1, 0.15) is 37.7 Å². The molecule has 0 heterocycles. The molecule has 17 heavy (non-hydrogen) atoms. The summed E-state index contributed by atoms with van der Waals surface area (Å²) in [5.41, 5.74) is 8.48. The third-order valence-corrected chi connectivity index (χ3v) is 3.95. The number of nitrogens with two attached hydrogens (primary N) is 1. The van der Waals surface area contributed by atoms with Crippen LogP contribution in [0.25, 0.3) is 0 Å². The monoisotopic (exact) mass is 232 g/mol. The molecule has 0 aliphatic heterocycles. The van der Waals surface area contributed by atoms with E-state index in [1.165, 1.54) is 37.7 Å². The minimum Gasteiger partial charge on any atom is -0.399 e. The average Bonchev–Trinajstić information content (AvgIpc) is 2.30. The van der Waals surface area contributed by atoms with Crippen molar-refractivity contribution in [3.63, 3.8) is 0 Å². The molecular formula is C15H24N2. The van der Waals surface area contributed by atoms with Crippen LogP contribution < -0.4 is 5.73 Å². The highest BCUT2D eigenvalue weighted by Crippen LogP contribution is 2.40. The molecule has 1 saturated carbocycles. The fraction of sp³-hybridized carbons (Fsp3) is 0.600. The molecule has 0 radical (unpaired) electrons. The molecule has 1 aromatic carbocycles. The van der Waals surface area contributed by atoms with Crippen molar-refractivity contribution >= 4 is 5.69 Å². The van der Waals surface area contributed by atoms with Crippen molar-refractivity contribution in [3.05, 3.63) is 29.8 Å². The van der Waals surface area contributed by atoms with Gasteiger partial charge in [0.2, 0.25) is 0 Å². The van der Waals surface area contributed by atoms with Gasteiger partial charge in [0.15, 0.2) is 0 Å². The smallest absolute Gasteiger partial charge is 0.0314 e. The highest BCUT2D eigenvalue weighted by molar-refractivity contribution is 5.42. The summed E-state index contributed by atoms with van der Waals surface area (Å²) in [7, 11) is 4.35. The van der Waals surface area contributed by atoms with Crippen LogP contribution in [0.4, 0.5) is 5.69 Å². The topological polar surface area (TPSA) is 29.3 Å². The molecule has 0 atom stereocenters. The van der Waals surface area contributed by atoms with Crippen LogP contribution in [0, 0.1) is 0 Å². The van der Waals surface area contributed by atoms with Crippen LogP contribution in [-0.4, -0.2) is 25.5 Å². The first kappa shape index (κ1) is 12.4. The molecule has 0 spiro atoms. The van der Waals surface area contributed by atoms with Crippen molar-refractivity contribution in [1.82, 2.24) is 4.90 Å². The summed E-state index contributed by atoms with van der Waals surface area (Å²) in [6, 6.07) is 8.54. The molecule has 1 fully saturated rings. The minimum atomic E-state index is 0.357. The van der Waals surface area contributed by atoms with E-state index in [0.717, 1.165) is 12.2 Å². The molecule has 1 aliphatic carbocycles. The van der Waals surface area contributed by atoms with Crippen molar-refractivity contribution in [2.45, 2.75) is 37.5 Å². The summed E-state index contributed by atoms with van der Waals surface area (Å²) in [5, 5.41) is 0. The average molecular weight is 232 g/mol. The number of likely N-dealkylation sites (N-methyl/N-ethyl adjacent to an activating group) is 1. The lowest BCUT2D eigenvalue weighted by Crippen LogP contribution is -2.39. The van der Waals surface area contributed by atoms with Crippen molar-refractivity contribution < 1.29 is 0 Å². The van der Waals surface area contributed by atoms with Gasteiger partial charge in [-0.2, -0.15) is 0 Å². The standard InChI is InChI=1S/C15H24N2/c1-17(2)12-15(10-4-3-5-11-15)13-6-8-14(16)9-7-13/h6-9H,3-5,10-12,16H2,1-2H3. The van der Waals surface area contributed by atoms with E-state index in [4.69, 9.17) is 5.73 Å². The highest BCUT2D eigenvalue weighted by Gasteiger charge is 2.34. The first-order valence-corrected chi connectivity index (χ1v) is 6.63. The molecule has 0 unspecified atom stereocenters. The Morgan fingerprint density at radius 2 is 1.65 bits per heavy atom. The van der Waals surface area contributed by atoms with Gasteiger partial charge in [-0.1, -0.05) is 31.4 Å². The van der Waals surface area contributed by atoms with E-state index in [0.29, 0.717) is 5.41 Å². The maximum atomic E-state index is 5.79. The van der Waals surface area contributed by atoms with Gasteiger partial charge in [-0.15, -0.1) is 0 Å². The molecule has 0 bridgehead atoms. The van der Waals surface area contributed by atoms with Gasteiger partial charge in [0.25, 0.3) is 0 Å². The molecule has 2 N–H and O–H groups in total. The van der Waals surface area contributed by atoms with Crippen LogP contribution in [0.5, 0.6) is 0 Å². The molecule has 0 aromatic heterocycles. The fourth-order valence-corrected chi connectivity index (χ4v) is 3.21. The van der Waals surface area contributed by atoms with Crippen molar-refractivity contribution in [2.75, 3.05) is 26.4 Å². The Kier molecular flexibility index (Phi) is 3.72. The molecule has 0 amide bonds. The molecular weight excluding hydrogens is 208 g/mol. The van der Waals surface area contributed by atoms with E-state index in [2.05, 4.69) is 31.1 Å².